The molecule has 0 radical (unpaired) electrons. The van der Waals surface area contributed by atoms with Gasteiger partial charge in [-0.05, 0) is 63.7 Å². The molecular formula is C17H28N2O2. The zero-order valence-electron chi connectivity index (χ0n) is 12.9. The molecule has 0 atom stereocenters. The molecule has 0 unspecified atom stereocenters. The molecule has 0 amide bonds. The third kappa shape index (κ3) is 4.09. The van der Waals surface area contributed by atoms with Crippen molar-refractivity contribution >= 4 is 0 Å². The zero-order chi connectivity index (χ0) is 14.5. The number of aliphatic hydroxyl groups is 1. The number of piperidine rings is 1. The lowest BCUT2D eigenvalue weighted by Gasteiger charge is -2.39. The van der Waals surface area contributed by atoms with Crippen molar-refractivity contribution in [2.45, 2.75) is 70.2 Å². The number of hydrogen-bond acceptors (Lipinski definition) is 4. The van der Waals surface area contributed by atoms with Gasteiger partial charge in [-0.3, -0.25) is 0 Å². The first-order chi connectivity index (χ1) is 10.3. The number of furan rings is 1. The fourth-order valence-electron chi connectivity index (χ4n) is 3.78. The lowest BCUT2D eigenvalue weighted by Crippen LogP contribution is -2.44. The molecule has 0 aromatic carbocycles. The van der Waals surface area contributed by atoms with Gasteiger partial charge in [0.2, 0.25) is 0 Å². The summed E-state index contributed by atoms with van der Waals surface area (Å²) in [7, 11) is 0. The van der Waals surface area contributed by atoms with Crippen LogP contribution in [0, 0.1) is 0 Å². The number of rotatable bonds is 5. The molecule has 1 aliphatic heterocycles. The molecule has 21 heavy (non-hydrogen) atoms. The van der Waals surface area contributed by atoms with Gasteiger partial charge >= 0.3 is 0 Å². The highest BCUT2D eigenvalue weighted by atomic mass is 16.4. The van der Waals surface area contributed by atoms with Crippen LogP contribution in [0.15, 0.2) is 16.5 Å². The van der Waals surface area contributed by atoms with Crippen LogP contribution in [-0.2, 0) is 13.2 Å². The van der Waals surface area contributed by atoms with Gasteiger partial charge in [-0.25, -0.2) is 0 Å². The lowest BCUT2D eigenvalue weighted by molar-refractivity contribution is 0.120. The molecule has 4 nitrogen and oxygen atoms in total. The predicted octanol–water partition coefficient (Wildman–Crippen LogP) is 2.66. The quantitative estimate of drug-likeness (QED) is 0.876. The Kier molecular flexibility index (Phi) is 5.33. The molecule has 1 saturated heterocycles. The first-order valence-corrected chi connectivity index (χ1v) is 8.51. The summed E-state index contributed by atoms with van der Waals surface area (Å²) < 4.78 is 5.52. The van der Waals surface area contributed by atoms with Gasteiger partial charge in [-0.15, -0.1) is 0 Å². The Balaban J connectivity index is 1.39. The summed E-state index contributed by atoms with van der Waals surface area (Å²) in [5.41, 5.74) is 0. The number of nitrogens with zero attached hydrogens (tertiary/aromatic N) is 1. The van der Waals surface area contributed by atoms with E-state index in [4.69, 9.17) is 9.52 Å². The van der Waals surface area contributed by atoms with Crippen molar-refractivity contribution in [1.29, 1.82) is 0 Å². The minimum Gasteiger partial charge on any atom is -0.462 e. The maximum atomic E-state index is 9.00. The van der Waals surface area contributed by atoms with E-state index in [1.165, 1.54) is 58.0 Å². The van der Waals surface area contributed by atoms with Gasteiger partial charge in [0.15, 0.2) is 0 Å². The molecule has 1 aliphatic carbocycles. The van der Waals surface area contributed by atoms with Crippen LogP contribution in [0.5, 0.6) is 0 Å². The zero-order valence-corrected chi connectivity index (χ0v) is 12.9. The summed E-state index contributed by atoms with van der Waals surface area (Å²) in [6, 6.07) is 5.25. The van der Waals surface area contributed by atoms with Crippen molar-refractivity contribution in [2.24, 2.45) is 0 Å². The SMILES string of the molecule is OCc1ccc(CNC2CCC(N3CCCCC3)CC2)o1. The normalized spacial score (nSPS) is 27.9. The van der Waals surface area contributed by atoms with Gasteiger partial charge in [0, 0.05) is 12.1 Å². The molecule has 2 aliphatic rings. The Morgan fingerprint density at radius 3 is 2.43 bits per heavy atom. The Morgan fingerprint density at radius 1 is 1.05 bits per heavy atom. The van der Waals surface area contributed by atoms with Crippen LogP contribution in [-0.4, -0.2) is 35.2 Å². The second-order valence-electron chi connectivity index (χ2n) is 6.51. The predicted molar refractivity (Wildman–Crippen MR) is 82.9 cm³/mol. The maximum Gasteiger partial charge on any atom is 0.129 e. The minimum atomic E-state index is -0.0130. The molecule has 2 N–H and O–H groups in total. The van der Waals surface area contributed by atoms with E-state index in [0.717, 1.165) is 18.3 Å². The van der Waals surface area contributed by atoms with Crippen LogP contribution in [0.25, 0.3) is 0 Å². The minimum absolute atomic E-state index is 0.0130. The van der Waals surface area contributed by atoms with Crippen LogP contribution >= 0.6 is 0 Å². The average molecular weight is 292 g/mol. The second-order valence-corrected chi connectivity index (χ2v) is 6.51. The van der Waals surface area contributed by atoms with Gasteiger partial charge in [-0.2, -0.15) is 0 Å². The monoisotopic (exact) mass is 292 g/mol. The van der Waals surface area contributed by atoms with Gasteiger partial charge < -0.3 is 19.7 Å². The van der Waals surface area contributed by atoms with E-state index in [0.29, 0.717) is 11.8 Å². The van der Waals surface area contributed by atoms with Gasteiger partial charge in [-0.1, -0.05) is 6.42 Å². The second kappa shape index (κ2) is 7.43. The number of aliphatic hydroxyl groups excluding tert-OH is 1. The average Bonchev–Trinajstić information content (AvgIpc) is 3.02. The van der Waals surface area contributed by atoms with Crippen LogP contribution in [0.3, 0.4) is 0 Å². The van der Waals surface area contributed by atoms with Crippen molar-refractivity contribution in [3.8, 4) is 0 Å². The molecule has 0 bridgehead atoms. The van der Waals surface area contributed by atoms with E-state index < -0.39 is 0 Å². The molecule has 118 valence electrons. The molecule has 2 heterocycles. The standard InChI is InChI=1S/C17H28N2O2/c20-13-17-9-8-16(21-17)12-18-14-4-6-15(7-5-14)19-10-2-1-3-11-19/h8-9,14-15,18,20H,1-7,10-13H2. The van der Waals surface area contributed by atoms with Gasteiger partial charge in [0.25, 0.3) is 0 Å². The molecule has 1 saturated carbocycles. The topological polar surface area (TPSA) is 48.6 Å². The molecule has 1 aromatic rings. The van der Waals surface area contributed by atoms with E-state index in [1.807, 2.05) is 12.1 Å². The summed E-state index contributed by atoms with van der Waals surface area (Å²) in [4.78, 5) is 2.72. The number of likely N-dealkylation sites (tertiary alicyclic amines) is 1. The van der Waals surface area contributed by atoms with E-state index in [-0.39, 0.29) is 6.61 Å². The summed E-state index contributed by atoms with van der Waals surface area (Å²) in [6.07, 6.45) is 9.42. The third-order valence-electron chi connectivity index (χ3n) is 5.04. The summed E-state index contributed by atoms with van der Waals surface area (Å²) in [6.45, 7) is 3.40. The van der Waals surface area contributed by atoms with Crippen LogP contribution < -0.4 is 5.32 Å². The molecular weight excluding hydrogens is 264 g/mol. The molecule has 0 spiro atoms. The van der Waals surface area contributed by atoms with E-state index in [1.54, 1.807) is 0 Å². The Morgan fingerprint density at radius 2 is 1.76 bits per heavy atom. The van der Waals surface area contributed by atoms with Crippen molar-refractivity contribution in [3.05, 3.63) is 23.7 Å². The Hall–Kier alpha value is -0.840. The summed E-state index contributed by atoms with van der Waals surface area (Å²) in [5, 5.41) is 12.6. The van der Waals surface area contributed by atoms with Crippen LogP contribution in [0.2, 0.25) is 0 Å². The first kappa shape index (κ1) is 15.1. The third-order valence-corrected chi connectivity index (χ3v) is 5.04. The highest BCUT2D eigenvalue weighted by Crippen LogP contribution is 2.26. The first-order valence-electron chi connectivity index (χ1n) is 8.51. The van der Waals surface area contributed by atoms with Gasteiger partial charge in [0.05, 0.1) is 6.54 Å². The molecule has 3 rings (SSSR count). The van der Waals surface area contributed by atoms with E-state index in [2.05, 4.69) is 10.2 Å². The largest absolute Gasteiger partial charge is 0.462 e. The molecule has 1 aromatic heterocycles. The number of nitrogens with one attached hydrogen (secondary N) is 1. The fourth-order valence-corrected chi connectivity index (χ4v) is 3.78. The van der Waals surface area contributed by atoms with Crippen molar-refractivity contribution < 1.29 is 9.52 Å². The highest BCUT2D eigenvalue weighted by molar-refractivity contribution is 5.06. The summed E-state index contributed by atoms with van der Waals surface area (Å²) >= 11 is 0. The fraction of sp³-hybridized carbons (Fsp3) is 0.765. The van der Waals surface area contributed by atoms with Crippen molar-refractivity contribution in [2.75, 3.05) is 13.1 Å². The van der Waals surface area contributed by atoms with Crippen molar-refractivity contribution in [1.82, 2.24) is 10.2 Å². The molecule has 2 fully saturated rings. The van der Waals surface area contributed by atoms with Crippen LogP contribution in [0.1, 0.15) is 56.5 Å². The maximum absolute atomic E-state index is 9.00. The smallest absolute Gasteiger partial charge is 0.129 e. The van der Waals surface area contributed by atoms with E-state index in [9.17, 15) is 0 Å². The lowest BCUT2D eigenvalue weighted by atomic mass is 9.89. The Bertz CT molecular complexity index is 418. The van der Waals surface area contributed by atoms with Gasteiger partial charge in [0.1, 0.15) is 18.1 Å². The van der Waals surface area contributed by atoms with E-state index >= 15 is 0 Å². The van der Waals surface area contributed by atoms with Crippen molar-refractivity contribution in [3.63, 3.8) is 0 Å². The highest BCUT2D eigenvalue weighted by Gasteiger charge is 2.26. The van der Waals surface area contributed by atoms with Crippen LogP contribution in [0.4, 0.5) is 0 Å². The number of hydrogen-bond donors (Lipinski definition) is 2. The Labute approximate surface area is 127 Å². The summed E-state index contributed by atoms with van der Waals surface area (Å²) in [5.74, 6) is 1.58. The molecule has 4 heteroatoms.